The molecule has 0 saturated heterocycles. The van der Waals surface area contributed by atoms with Gasteiger partial charge in [-0.1, -0.05) is 22.9 Å². The predicted molar refractivity (Wildman–Crippen MR) is 112 cm³/mol. The van der Waals surface area contributed by atoms with Crippen molar-refractivity contribution in [3.63, 3.8) is 0 Å². The van der Waals surface area contributed by atoms with Gasteiger partial charge in [0.2, 0.25) is 0 Å². The van der Waals surface area contributed by atoms with E-state index >= 15 is 0 Å². The Bertz CT molecular complexity index is 841. The van der Waals surface area contributed by atoms with Crippen LogP contribution in [0.25, 0.3) is 0 Å². The van der Waals surface area contributed by atoms with Gasteiger partial charge in [-0.3, -0.25) is 4.79 Å². The number of carbonyl (C=O) groups is 1. The second-order valence-electron chi connectivity index (χ2n) is 5.42. The molecule has 6 nitrogen and oxygen atoms in total. The van der Waals surface area contributed by atoms with E-state index in [9.17, 15) is 4.79 Å². The highest BCUT2D eigenvalue weighted by atomic mass is 79.9. The summed E-state index contributed by atoms with van der Waals surface area (Å²) in [6.07, 6.45) is 2.42. The van der Waals surface area contributed by atoms with E-state index in [2.05, 4.69) is 42.4 Å². The maximum atomic E-state index is 12.3. The fraction of sp³-hybridized carbons (Fsp3) is 0.263. The van der Waals surface area contributed by atoms with Crippen LogP contribution in [-0.2, 0) is 0 Å². The second-order valence-corrected chi connectivity index (χ2v) is 7.19. The standard InChI is InChI=1S/C19H20Br2N2O4/c1-4-7-27-18-13(8-14(20)10-15(18)21)11-22-23-19(24)12-5-6-16(25-2)17(9-12)26-3/h5-6,8-11H,4,7H2,1-3H3,(H,23,24)/b22-11+. The highest BCUT2D eigenvalue weighted by molar-refractivity contribution is 9.11. The molecule has 2 aromatic carbocycles. The van der Waals surface area contributed by atoms with E-state index in [1.807, 2.05) is 19.1 Å². The molecule has 27 heavy (non-hydrogen) atoms. The summed E-state index contributed by atoms with van der Waals surface area (Å²) in [6, 6.07) is 8.65. The molecule has 0 atom stereocenters. The normalized spacial score (nSPS) is 10.7. The molecule has 0 aliphatic carbocycles. The molecule has 0 fully saturated rings. The van der Waals surface area contributed by atoms with E-state index in [0.717, 1.165) is 20.9 Å². The molecule has 0 aliphatic rings. The van der Waals surface area contributed by atoms with Crippen molar-refractivity contribution in [3.05, 3.63) is 50.4 Å². The van der Waals surface area contributed by atoms with Gasteiger partial charge in [0.05, 0.1) is 31.5 Å². The van der Waals surface area contributed by atoms with Gasteiger partial charge < -0.3 is 14.2 Å². The number of benzene rings is 2. The minimum atomic E-state index is -0.364. The summed E-state index contributed by atoms with van der Waals surface area (Å²) >= 11 is 6.93. The number of amides is 1. The van der Waals surface area contributed by atoms with Crippen molar-refractivity contribution in [2.45, 2.75) is 13.3 Å². The van der Waals surface area contributed by atoms with E-state index in [-0.39, 0.29) is 5.91 Å². The van der Waals surface area contributed by atoms with E-state index in [1.54, 1.807) is 24.4 Å². The summed E-state index contributed by atoms with van der Waals surface area (Å²) in [5.41, 5.74) is 3.65. The number of hydrazone groups is 1. The maximum absolute atomic E-state index is 12.3. The van der Waals surface area contributed by atoms with Gasteiger partial charge in [-0.05, 0) is 52.7 Å². The van der Waals surface area contributed by atoms with Gasteiger partial charge in [0.1, 0.15) is 5.75 Å². The zero-order chi connectivity index (χ0) is 19.8. The zero-order valence-corrected chi connectivity index (χ0v) is 18.4. The predicted octanol–water partition coefficient (Wildman–Crippen LogP) is 4.78. The molecule has 0 aromatic heterocycles. The lowest BCUT2D eigenvalue weighted by atomic mass is 10.2. The molecule has 0 unspecified atom stereocenters. The SMILES string of the molecule is CCCOc1c(Br)cc(Br)cc1/C=N/NC(=O)c1ccc(OC)c(OC)c1. The number of carbonyl (C=O) groups excluding carboxylic acids is 1. The molecule has 0 saturated carbocycles. The third kappa shape index (κ3) is 5.71. The smallest absolute Gasteiger partial charge is 0.271 e. The van der Waals surface area contributed by atoms with Crippen molar-refractivity contribution < 1.29 is 19.0 Å². The number of hydrogen-bond acceptors (Lipinski definition) is 5. The second kappa shape index (κ2) is 10.3. The molecule has 144 valence electrons. The average molecular weight is 500 g/mol. The number of ether oxygens (including phenoxy) is 3. The Morgan fingerprint density at radius 1 is 1.15 bits per heavy atom. The lowest BCUT2D eigenvalue weighted by Gasteiger charge is -2.11. The number of hydrogen-bond donors (Lipinski definition) is 1. The van der Waals surface area contributed by atoms with E-state index in [1.165, 1.54) is 14.2 Å². The highest BCUT2D eigenvalue weighted by Crippen LogP contribution is 2.32. The molecule has 1 N–H and O–H groups in total. The molecule has 1 amide bonds. The maximum Gasteiger partial charge on any atom is 0.271 e. The van der Waals surface area contributed by atoms with Gasteiger partial charge >= 0.3 is 0 Å². The summed E-state index contributed by atoms with van der Waals surface area (Å²) in [5, 5.41) is 4.05. The van der Waals surface area contributed by atoms with E-state index < -0.39 is 0 Å². The molecular weight excluding hydrogens is 480 g/mol. The van der Waals surface area contributed by atoms with Crippen molar-refractivity contribution in [2.24, 2.45) is 5.10 Å². The highest BCUT2D eigenvalue weighted by Gasteiger charge is 2.11. The average Bonchev–Trinajstić information content (AvgIpc) is 2.66. The minimum absolute atomic E-state index is 0.364. The first-order valence-electron chi connectivity index (χ1n) is 8.17. The summed E-state index contributed by atoms with van der Waals surface area (Å²) < 4.78 is 17.8. The molecule has 2 rings (SSSR count). The quantitative estimate of drug-likeness (QED) is 0.419. The molecular formula is C19H20Br2N2O4. The fourth-order valence-corrected chi connectivity index (χ4v) is 3.61. The van der Waals surface area contributed by atoms with Crippen LogP contribution in [0.2, 0.25) is 0 Å². The van der Waals surface area contributed by atoms with Gasteiger partial charge in [0.25, 0.3) is 5.91 Å². The largest absolute Gasteiger partial charge is 0.493 e. The van der Waals surface area contributed by atoms with Crippen molar-refractivity contribution in [2.75, 3.05) is 20.8 Å². The summed E-state index contributed by atoms with van der Waals surface area (Å²) in [6.45, 7) is 2.61. The lowest BCUT2D eigenvalue weighted by Crippen LogP contribution is -2.17. The Morgan fingerprint density at radius 2 is 1.89 bits per heavy atom. The van der Waals surface area contributed by atoms with Gasteiger partial charge in [-0.25, -0.2) is 5.43 Å². The van der Waals surface area contributed by atoms with Crippen molar-refractivity contribution >= 4 is 44.0 Å². The summed E-state index contributed by atoms with van der Waals surface area (Å²) in [4.78, 5) is 12.3. The molecule has 0 heterocycles. The van der Waals surface area contributed by atoms with E-state index in [4.69, 9.17) is 14.2 Å². The Labute approximate surface area is 175 Å². The molecule has 0 spiro atoms. The van der Waals surface area contributed by atoms with E-state index in [0.29, 0.717) is 29.4 Å². The Hall–Kier alpha value is -2.06. The molecule has 0 aliphatic heterocycles. The number of halogens is 2. The number of nitrogens with zero attached hydrogens (tertiary/aromatic N) is 1. The summed E-state index contributed by atoms with van der Waals surface area (Å²) in [7, 11) is 3.05. The minimum Gasteiger partial charge on any atom is -0.493 e. The molecule has 8 heteroatoms. The van der Waals surface area contributed by atoms with Gasteiger partial charge in [-0.2, -0.15) is 5.10 Å². The van der Waals surface area contributed by atoms with Crippen LogP contribution >= 0.6 is 31.9 Å². The van der Waals surface area contributed by atoms with Gasteiger partial charge in [0, 0.05) is 15.6 Å². The van der Waals surface area contributed by atoms with Gasteiger partial charge in [-0.15, -0.1) is 0 Å². The first-order valence-corrected chi connectivity index (χ1v) is 9.76. The van der Waals surface area contributed by atoms with Gasteiger partial charge in [0.15, 0.2) is 11.5 Å². The Morgan fingerprint density at radius 3 is 2.56 bits per heavy atom. The lowest BCUT2D eigenvalue weighted by molar-refractivity contribution is 0.0954. The molecule has 0 radical (unpaired) electrons. The topological polar surface area (TPSA) is 69.2 Å². The molecule has 0 bridgehead atoms. The Kier molecular flexibility index (Phi) is 8.12. The van der Waals surface area contributed by atoms with Crippen LogP contribution in [0.5, 0.6) is 17.2 Å². The van der Waals surface area contributed by atoms with Crippen LogP contribution in [-0.4, -0.2) is 32.9 Å². The number of nitrogens with one attached hydrogen (secondary N) is 1. The van der Waals surface area contributed by atoms with Crippen LogP contribution in [0.4, 0.5) is 0 Å². The number of rotatable bonds is 8. The third-order valence-electron chi connectivity index (χ3n) is 3.50. The monoisotopic (exact) mass is 498 g/mol. The fourth-order valence-electron chi connectivity index (χ4n) is 2.24. The first kappa shape index (κ1) is 21.2. The van der Waals surface area contributed by atoms with Crippen LogP contribution in [0.15, 0.2) is 44.4 Å². The van der Waals surface area contributed by atoms with Crippen molar-refractivity contribution in [3.8, 4) is 17.2 Å². The third-order valence-corrected chi connectivity index (χ3v) is 4.55. The van der Waals surface area contributed by atoms with Crippen LogP contribution in [0.3, 0.4) is 0 Å². The summed E-state index contributed by atoms with van der Waals surface area (Å²) in [5.74, 6) is 1.33. The zero-order valence-electron chi connectivity index (χ0n) is 15.2. The van der Waals surface area contributed by atoms with Crippen LogP contribution in [0.1, 0.15) is 29.3 Å². The Balaban J connectivity index is 2.16. The van der Waals surface area contributed by atoms with Crippen molar-refractivity contribution in [1.82, 2.24) is 5.43 Å². The van der Waals surface area contributed by atoms with Crippen LogP contribution < -0.4 is 19.6 Å². The van der Waals surface area contributed by atoms with Crippen molar-refractivity contribution in [1.29, 1.82) is 0 Å². The molecule has 2 aromatic rings. The van der Waals surface area contributed by atoms with Crippen LogP contribution in [0, 0.1) is 0 Å². The first-order chi connectivity index (χ1) is 13.0. The number of methoxy groups -OCH3 is 2.